The monoisotopic (exact) mass is 345 g/mol. The molecule has 1 atom stereocenters. The van der Waals surface area contributed by atoms with Gasteiger partial charge in [0.2, 0.25) is 0 Å². The van der Waals surface area contributed by atoms with E-state index in [2.05, 4.69) is 35.2 Å². The van der Waals surface area contributed by atoms with E-state index >= 15 is 0 Å². The van der Waals surface area contributed by atoms with Gasteiger partial charge in [0.25, 0.3) is 5.91 Å². The van der Waals surface area contributed by atoms with Gasteiger partial charge in [-0.25, -0.2) is 0 Å². The summed E-state index contributed by atoms with van der Waals surface area (Å²) in [5.41, 5.74) is 0.760. The first kappa shape index (κ1) is 18.4. The minimum atomic E-state index is -0.649. The van der Waals surface area contributed by atoms with Crippen LogP contribution in [0.25, 0.3) is 0 Å². The number of carbonyl (C=O) groups excluding carboxylic acids is 1. The van der Waals surface area contributed by atoms with E-state index in [0.29, 0.717) is 32.0 Å². The maximum Gasteiger partial charge on any atom is 0.254 e. The van der Waals surface area contributed by atoms with E-state index in [1.807, 2.05) is 0 Å². The van der Waals surface area contributed by atoms with Gasteiger partial charge in [0, 0.05) is 46.3 Å². The first-order valence-electron chi connectivity index (χ1n) is 9.70. The molecule has 0 aromatic heterocycles. The van der Waals surface area contributed by atoms with Crippen LogP contribution in [0, 0.1) is 5.92 Å². The maximum absolute atomic E-state index is 13.1. The largest absolute Gasteiger partial charge is 0.381 e. The SMILES string of the molecule is COC1(C(=O)N2CCCC(CCCc3ccccc3)C2)CCOCC1. The van der Waals surface area contributed by atoms with Crippen LogP contribution < -0.4 is 0 Å². The van der Waals surface area contributed by atoms with Crippen molar-refractivity contribution in [1.82, 2.24) is 4.90 Å². The number of rotatable bonds is 6. The fourth-order valence-corrected chi connectivity index (χ4v) is 4.22. The van der Waals surface area contributed by atoms with Gasteiger partial charge in [-0.1, -0.05) is 30.3 Å². The summed E-state index contributed by atoms with van der Waals surface area (Å²) in [5, 5.41) is 0. The van der Waals surface area contributed by atoms with E-state index in [1.165, 1.54) is 24.8 Å². The van der Waals surface area contributed by atoms with Crippen LogP contribution in [0.4, 0.5) is 0 Å². The molecule has 2 aliphatic heterocycles. The smallest absolute Gasteiger partial charge is 0.254 e. The molecule has 2 aliphatic rings. The lowest BCUT2D eigenvalue weighted by molar-refractivity contribution is -0.168. The van der Waals surface area contributed by atoms with Gasteiger partial charge in [0.1, 0.15) is 0 Å². The summed E-state index contributed by atoms with van der Waals surface area (Å²) in [5.74, 6) is 0.807. The number of ether oxygens (including phenoxy) is 2. The Morgan fingerprint density at radius 1 is 1.28 bits per heavy atom. The van der Waals surface area contributed by atoms with Crippen molar-refractivity contribution in [1.29, 1.82) is 0 Å². The van der Waals surface area contributed by atoms with E-state index in [9.17, 15) is 4.79 Å². The summed E-state index contributed by atoms with van der Waals surface area (Å²) in [4.78, 5) is 15.2. The van der Waals surface area contributed by atoms with Gasteiger partial charge in [-0.2, -0.15) is 0 Å². The van der Waals surface area contributed by atoms with E-state index in [-0.39, 0.29) is 5.91 Å². The van der Waals surface area contributed by atoms with Crippen molar-refractivity contribution in [2.24, 2.45) is 5.92 Å². The number of benzene rings is 1. The lowest BCUT2D eigenvalue weighted by atomic mass is 9.88. The Morgan fingerprint density at radius 3 is 2.76 bits per heavy atom. The molecule has 0 spiro atoms. The van der Waals surface area contributed by atoms with Gasteiger partial charge in [-0.15, -0.1) is 0 Å². The van der Waals surface area contributed by atoms with Crippen molar-refractivity contribution >= 4 is 5.91 Å². The molecule has 1 unspecified atom stereocenters. The van der Waals surface area contributed by atoms with Gasteiger partial charge < -0.3 is 14.4 Å². The summed E-state index contributed by atoms with van der Waals surface area (Å²) in [6.07, 6.45) is 7.22. The normalized spacial score (nSPS) is 23.4. The van der Waals surface area contributed by atoms with Crippen LogP contribution in [0.2, 0.25) is 0 Å². The van der Waals surface area contributed by atoms with Gasteiger partial charge in [-0.05, 0) is 43.6 Å². The predicted molar refractivity (Wildman–Crippen MR) is 98.5 cm³/mol. The Kier molecular flexibility index (Phi) is 6.49. The standard InChI is InChI=1S/C21H31NO3/c1-24-21(12-15-25-16-13-21)20(23)22-14-6-11-19(17-22)10-5-9-18-7-3-2-4-8-18/h2-4,7-8,19H,5-6,9-17H2,1H3. The molecule has 2 saturated heterocycles. The number of nitrogens with zero attached hydrogens (tertiary/aromatic N) is 1. The van der Waals surface area contributed by atoms with Crippen molar-refractivity contribution in [3.63, 3.8) is 0 Å². The highest BCUT2D eigenvalue weighted by atomic mass is 16.5. The van der Waals surface area contributed by atoms with E-state index < -0.39 is 5.60 Å². The number of piperidine rings is 1. The van der Waals surface area contributed by atoms with Gasteiger partial charge in [-0.3, -0.25) is 4.79 Å². The molecular weight excluding hydrogens is 314 g/mol. The summed E-state index contributed by atoms with van der Waals surface area (Å²) in [6.45, 7) is 3.00. The lowest BCUT2D eigenvalue weighted by Crippen LogP contribution is -2.55. The molecule has 1 aromatic carbocycles. The number of aryl methyl sites for hydroxylation is 1. The molecule has 0 aliphatic carbocycles. The molecule has 0 N–H and O–H groups in total. The van der Waals surface area contributed by atoms with E-state index in [1.54, 1.807) is 7.11 Å². The molecule has 0 saturated carbocycles. The van der Waals surface area contributed by atoms with Crippen LogP contribution in [0.1, 0.15) is 44.1 Å². The number of carbonyl (C=O) groups is 1. The summed E-state index contributed by atoms with van der Waals surface area (Å²) >= 11 is 0. The predicted octanol–water partition coefficient (Wildman–Crippen LogP) is 3.44. The molecule has 25 heavy (non-hydrogen) atoms. The van der Waals surface area contributed by atoms with Crippen LogP contribution in [-0.2, 0) is 20.7 Å². The summed E-state index contributed by atoms with van der Waals surface area (Å²) in [7, 11) is 1.67. The Hall–Kier alpha value is -1.39. The highest BCUT2D eigenvalue weighted by Gasteiger charge is 2.43. The first-order chi connectivity index (χ1) is 12.2. The van der Waals surface area contributed by atoms with Gasteiger partial charge >= 0.3 is 0 Å². The average Bonchev–Trinajstić information content (AvgIpc) is 2.69. The van der Waals surface area contributed by atoms with E-state index in [0.717, 1.165) is 25.9 Å². The van der Waals surface area contributed by atoms with Crippen LogP contribution in [0.3, 0.4) is 0 Å². The number of hydrogen-bond acceptors (Lipinski definition) is 3. The number of amides is 1. The minimum Gasteiger partial charge on any atom is -0.381 e. The molecule has 2 fully saturated rings. The second kappa shape index (κ2) is 8.81. The highest BCUT2D eigenvalue weighted by Crippen LogP contribution is 2.30. The molecule has 2 heterocycles. The fourth-order valence-electron chi connectivity index (χ4n) is 4.22. The molecule has 1 aromatic rings. The van der Waals surface area contributed by atoms with Crippen LogP contribution in [0.5, 0.6) is 0 Å². The topological polar surface area (TPSA) is 38.8 Å². The summed E-state index contributed by atoms with van der Waals surface area (Å²) < 4.78 is 11.1. The zero-order chi connectivity index (χ0) is 17.5. The van der Waals surface area contributed by atoms with Crippen LogP contribution >= 0.6 is 0 Å². The van der Waals surface area contributed by atoms with Crippen molar-refractivity contribution in [2.75, 3.05) is 33.4 Å². The maximum atomic E-state index is 13.1. The van der Waals surface area contributed by atoms with Crippen molar-refractivity contribution < 1.29 is 14.3 Å². The second-order valence-electron chi connectivity index (χ2n) is 7.45. The zero-order valence-corrected chi connectivity index (χ0v) is 15.4. The third kappa shape index (κ3) is 4.62. The molecule has 138 valence electrons. The van der Waals surface area contributed by atoms with Gasteiger partial charge in [0.15, 0.2) is 5.60 Å². The van der Waals surface area contributed by atoms with Crippen molar-refractivity contribution in [2.45, 2.75) is 50.5 Å². The zero-order valence-electron chi connectivity index (χ0n) is 15.4. The third-order valence-electron chi connectivity index (χ3n) is 5.81. The summed E-state index contributed by atoms with van der Waals surface area (Å²) in [6, 6.07) is 10.7. The first-order valence-corrected chi connectivity index (χ1v) is 9.70. The molecule has 3 rings (SSSR count). The van der Waals surface area contributed by atoms with Crippen molar-refractivity contribution in [3.8, 4) is 0 Å². The molecular formula is C21H31NO3. The Balaban J connectivity index is 1.51. The number of hydrogen-bond donors (Lipinski definition) is 0. The average molecular weight is 345 g/mol. The molecule has 4 heteroatoms. The Labute approximate surface area is 151 Å². The molecule has 0 bridgehead atoms. The third-order valence-corrected chi connectivity index (χ3v) is 5.81. The number of likely N-dealkylation sites (tertiary alicyclic amines) is 1. The van der Waals surface area contributed by atoms with Crippen LogP contribution in [0.15, 0.2) is 30.3 Å². The Bertz CT molecular complexity index is 539. The minimum absolute atomic E-state index is 0.186. The fraction of sp³-hybridized carbons (Fsp3) is 0.667. The highest BCUT2D eigenvalue weighted by molar-refractivity contribution is 5.85. The molecule has 1 amide bonds. The molecule has 0 radical (unpaired) electrons. The van der Waals surface area contributed by atoms with E-state index in [4.69, 9.17) is 9.47 Å². The number of methoxy groups -OCH3 is 1. The van der Waals surface area contributed by atoms with Crippen molar-refractivity contribution in [3.05, 3.63) is 35.9 Å². The lowest BCUT2D eigenvalue weighted by Gasteiger charge is -2.41. The Morgan fingerprint density at radius 2 is 2.04 bits per heavy atom. The second-order valence-corrected chi connectivity index (χ2v) is 7.45. The molecule has 4 nitrogen and oxygen atoms in total. The van der Waals surface area contributed by atoms with Gasteiger partial charge in [0.05, 0.1) is 0 Å². The quantitative estimate of drug-likeness (QED) is 0.793. The van der Waals surface area contributed by atoms with Crippen LogP contribution in [-0.4, -0.2) is 49.8 Å².